The molecule has 0 fully saturated rings. The summed E-state index contributed by atoms with van der Waals surface area (Å²) in [5.74, 6) is 0.947. The number of rotatable bonds is 9. The van der Waals surface area contributed by atoms with Gasteiger partial charge in [-0.25, -0.2) is 4.39 Å². The van der Waals surface area contributed by atoms with Gasteiger partial charge in [0.2, 0.25) is 0 Å². The maximum atomic E-state index is 13.0. The molecule has 0 aliphatic carbocycles. The van der Waals surface area contributed by atoms with E-state index in [-0.39, 0.29) is 5.82 Å². The van der Waals surface area contributed by atoms with Crippen molar-refractivity contribution < 1.29 is 13.9 Å². The van der Waals surface area contributed by atoms with E-state index in [0.717, 1.165) is 17.7 Å². The molecular formula is C23H23ClFNO2. The Kier molecular flexibility index (Phi) is 7.29. The molecule has 28 heavy (non-hydrogen) atoms. The highest BCUT2D eigenvalue weighted by atomic mass is 35.5. The third kappa shape index (κ3) is 5.72. The van der Waals surface area contributed by atoms with Crippen LogP contribution >= 0.6 is 11.6 Å². The predicted molar refractivity (Wildman–Crippen MR) is 110 cm³/mol. The summed E-state index contributed by atoms with van der Waals surface area (Å²) < 4.78 is 24.6. The van der Waals surface area contributed by atoms with Crippen LogP contribution in [0.1, 0.15) is 23.6 Å². The maximum absolute atomic E-state index is 13.0. The van der Waals surface area contributed by atoms with Crippen molar-refractivity contribution in [2.45, 2.75) is 26.6 Å². The molecule has 0 aromatic heterocycles. The molecule has 0 saturated heterocycles. The van der Waals surface area contributed by atoms with Crippen LogP contribution in [0.4, 0.5) is 4.39 Å². The van der Waals surface area contributed by atoms with E-state index in [1.54, 1.807) is 18.2 Å². The van der Waals surface area contributed by atoms with Crippen molar-refractivity contribution in [3.63, 3.8) is 0 Å². The molecule has 0 heterocycles. The molecule has 0 atom stereocenters. The van der Waals surface area contributed by atoms with Crippen LogP contribution in [-0.4, -0.2) is 6.61 Å². The van der Waals surface area contributed by atoms with Crippen LogP contribution in [0.2, 0.25) is 5.02 Å². The normalized spacial score (nSPS) is 10.7. The Balaban J connectivity index is 1.67. The molecular weight excluding hydrogens is 377 g/mol. The highest BCUT2D eigenvalue weighted by molar-refractivity contribution is 6.31. The molecule has 0 amide bonds. The van der Waals surface area contributed by atoms with E-state index < -0.39 is 0 Å². The smallest absolute Gasteiger partial charge is 0.163 e. The van der Waals surface area contributed by atoms with Crippen molar-refractivity contribution in [1.82, 2.24) is 5.32 Å². The van der Waals surface area contributed by atoms with E-state index in [0.29, 0.717) is 36.3 Å². The molecule has 0 spiro atoms. The molecule has 0 bridgehead atoms. The minimum atomic E-state index is -0.269. The van der Waals surface area contributed by atoms with Gasteiger partial charge < -0.3 is 14.8 Å². The molecule has 146 valence electrons. The van der Waals surface area contributed by atoms with Crippen molar-refractivity contribution in [3.05, 3.63) is 94.3 Å². The predicted octanol–water partition coefficient (Wildman–Crippen LogP) is 5.75. The summed E-state index contributed by atoms with van der Waals surface area (Å²) in [6, 6.07) is 20.1. The lowest BCUT2D eigenvalue weighted by Gasteiger charge is -2.15. The van der Waals surface area contributed by atoms with E-state index in [4.69, 9.17) is 21.1 Å². The highest BCUT2D eigenvalue weighted by Gasteiger charge is 2.12. The van der Waals surface area contributed by atoms with E-state index in [2.05, 4.69) is 17.4 Å². The number of hydrogen-bond acceptors (Lipinski definition) is 3. The van der Waals surface area contributed by atoms with Gasteiger partial charge >= 0.3 is 0 Å². The number of halogens is 2. The van der Waals surface area contributed by atoms with Crippen LogP contribution < -0.4 is 14.8 Å². The molecule has 3 aromatic rings. The third-order valence-corrected chi connectivity index (χ3v) is 4.56. The molecule has 0 aliphatic heterocycles. The fourth-order valence-electron chi connectivity index (χ4n) is 2.77. The van der Waals surface area contributed by atoms with Gasteiger partial charge in [-0.1, -0.05) is 54.1 Å². The Labute approximate surface area is 170 Å². The molecule has 0 saturated carbocycles. The minimum absolute atomic E-state index is 0.269. The molecule has 5 heteroatoms. The van der Waals surface area contributed by atoms with Crippen LogP contribution in [0, 0.1) is 5.82 Å². The Morgan fingerprint density at radius 3 is 2.29 bits per heavy atom. The summed E-state index contributed by atoms with van der Waals surface area (Å²) >= 11 is 6.46. The van der Waals surface area contributed by atoms with E-state index >= 15 is 0 Å². The topological polar surface area (TPSA) is 30.5 Å². The Hall–Kier alpha value is -2.56. The largest absolute Gasteiger partial charge is 0.490 e. The fraction of sp³-hybridized carbons (Fsp3) is 0.217. The van der Waals surface area contributed by atoms with Crippen LogP contribution in [0.5, 0.6) is 11.5 Å². The van der Waals surface area contributed by atoms with Gasteiger partial charge in [0, 0.05) is 24.2 Å². The van der Waals surface area contributed by atoms with Crippen LogP contribution in [0.25, 0.3) is 0 Å². The van der Waals surface area contributed by atoms with Crippen molar-refractivity contribution >= 4 is 11.6 Å². The number of ether oxygens (including phenoxy) is 2. The Bertz CT molecular complexity index is 885. The minimum Gasteiger partial charge on any atom is -0.490 e. The fourth-order valence-corrected chi connectivity index (χ4v) is 2.99. The average molecular weight is 400 g/mol. The second kappa shape index (κ2) is 10.1. The zero-order chi connectivity index (χ0) is 19.8. The number of hydrogen-bond donors (Lipinski definition) is 1. The standard InChI is InChI=1S/C23H23ClFNO2/c1-2-27-22-12-19(15-26-14-17-6-4-3-5-7-17)21(24)13-23(22)28-16-18-8-10-20(25)11-9-18/h3-13,26H,2,14-16H2,1H3. The Morgan fingerprint density at radius 2 is 1.57 bits per heavy atom. The molecule has 0 aliphatic rings. The van der Waals surface area contributed by atoms with Gasteiger partial charge in [-0.05, 0) is 41.8 Å². The van der Waals surface area contributed by atoms with Gasteiger partial charge in [-0.2, -0.15) is 0 Å². The summed E-state index contributed by atoms with van der Waals surface area (Å²) in [6.07, 6.45) is 0. The van der Waals surface area contributed by atoms with Gasteiger partial charge in [0.1, 0.15) is 12.4 Å². The first-order chi connectivity index (χ1) is 13.7. The maximum Gasteiger partial charge on any atom is 0.163 e. The van der Waals surface area contributed by atoms with Crippen molar-refractivity contribution in [3.8, 4) is 11.5 Å². The monoisotopic (exact) mass is 399 g/mol. The quantitative estimate of drug-likeness (QED) is 0.497. The summed E-state index contributed by atoms with van der Waals surface area (Å²) in [5, 5.41) is 4.00. The second-order valence-corrected chi connectivity index (χ2v) is 6.73. The lowest BCUT2D eigenvalue weighted by atomic mass is 10.1. The van der Waals surface area contributed by atoms with Crippen molar-refractivity contribution in [1.29, 1.82) is 0 Å². The van der Waals surface area contributed by atoms with E-state index in [1.807, 2.05) is 31.2 Å². The zero-order valence-electron chi connectivity index (χ0n) is 15.8. The van der Waals surface area contributed by atoms with Crippen molar-refractivity contribution in [2.75, 3.05) is 6.61 Å². The Morgan fingerprint density at radius 1 is 0.857 bits per heavy atom. The van der Waals surface area contributed by atoms with Gasteiger partial charge in [0.25, 0.3) is 0 Å². The summed E-state index contributed by atoms with van der Waals surface area (Å²) in [7, 11) is 0. The van der Waals surface area contributed by atoms with E-state index in [1.165, 1.54) is 17.7 Å². The van der Waals surface area contributed by atoms with Gasteiger partial charge in [0.05, 0.1) is 6.61 Å². The highest BCUT2D eigenvalue weighted by Crippen LogP contribution is 2.34. The third-order valence-electron chi connectivity index (χ3n) is 4.21. The molecule has 0 unspecified atom stereocenters. The lowest BCUT2D eigenvalue weighted by molar-refractivity contribution is 0.269. The number of benzene rings is 3. The number of nitrogens with one attached hydrogen (secondary N) is 1. The summed E-state index contributed by atoms with van der Waals surface area (Å²) in [6.45, 7) is 4.12. The van der Waals surface area contributed by atoms with Crippen molar-refractivity contribution in [2.24, 2.45) is 0 Å². The molecule has 3 aromatic carbocycles. The molecule has 0 radical (unpaired) electrons. The summed E-state index contributed by atoms with van der Waals surface area (Å²) in [4.78, 5) is 0. The summed E-state index contributed by atoms with van der Waals surface area (Å²) in [5.41, 5.74) is 3.02. The first-order valence-corrected chi connectivity index (χ1v) is 9.60. The SMILES string of the molecule is CCOc1cc(CNCc2ccccc2)c(Cl)cc1OCc1ccc(F)cc1. The van der Waals surface area contributed by atoms with Crippen LogP contribution in [0.15, 0.2) is 66.7 Å². The molecule has 3 rings (SSSR count). The van der Waals surface area contributed by atoms with Gasteiger partial charge in [-0.15, -0.1) is 0 Å². The first kappa shape index (κ1) is 20.2. The molecule has 3 nitrogen and oxygen atoms in total. The van der Waals surface area contributed by atoms with Crippen LogP contribution in [-0.2, 0) is 19.7 Å². The average Bonchev–Trinajstić information content (AvgIpc) is 2.71. The lowest BCUT2D eigenvalue weighted by Crippen LogP contribution is -2.13. The van der Waals surface area contributed by atoms with Gasteiger partial charge in [0.15, 0.2) is 11.5 Å². The van der Waals surface area contributed by atoms with E-state index in [9.17, 15) is 4.39 Å². The van der Waals surface area contributed by atoms with Gasteiger partial charge in [-0.3, -0.25) is 0 Å². The molecule has 1 N–H and O–H groups in total. The second-order valence-electron chi connectivity index (χ2n) is 6.33. The first-order valence-electron chi connectivity index (χ1n) is 9.23. The zero-order valence-corrected chi connectivity index (χ0v) is 16.5. The van der Waals surface area contributed by atoms with Crippen LogP contribution in [0.3, 0.4) is 0 Å².